The summed E-state index contributed by atoms with van der Waals surface area (Å²) in [5.41, 5.74) is 7.58. The summed E-state index contributed by atoms with van der Waals surface area (Å²) in [5.74, 6) is 0.450. The Hall–Kier alpha value is -2.59. The normalized spacial score (nSPS) is 22.9. The SMILES string of the molecule is CC1N=C(c2ccc(Br)cc2)c2c(O)[nH]c(C3C=CC(C4=CCCC=C4)=CC3)c21. The van der Waals surface area contributed by atoms with Gasteiger partial charge in [0.15, 0.2) is 5.88 Å². The van der Waals surface area contributed by atoms with Crippen molar-refractivity contribution in [1.29, 1.82) is 0 Å². The van der Waals surface area contributed by atoms with Crippen LogP contribution in [0.15, 0.2) is 81.3 Å². The molecule has 0 amide bonds. The summed E-state index contributed by atoms with van der Waals surface area (Å²) in [6, 6.07) is 8.12. The van der Waals surface area contributed by atoms with Gasteiger partial charge in [0.05, 0.1) is 17.3 Å². The molecule has 2 aliphatic carbocycles. The van der Waals surface area contributed by atoms with Crippen molar-refractivity contribution in [3.05, 3.63) is 98.7 Å². The van der Waals surface area contributed by atoms with E-state index in [1.807, 2.05) is 24.3 Å². The molecule has 0 fully saturated rings. The molecule has 2 heterocycles. The van der Waals surface area contributed by atoms with Crippen molar-refractivity contribution in [3.63, 3.8) is 0 Å². The number of fused-ring (bicyclic) bond motifs is 1. The van der Waals surface area contributed by atoms with Crippen LogP contribution in [0.4, 0.5) is 0 Å². The Labute approximate surface area is 179 Å². The van der Waals surface area contributed by atoms with Crippen LogP contribution in [-0.4, -0.2) is 15.8 Å². The molecule has 3 aliphatic rings. The fourth-order valence-corrected chi connectivity index (χ4v) is 4.78. The van der Waals surface area contributed by atoms with E-state index in [4.69, 9.17) is 4.99 Å². The quantitative estimate of drug-likeness (QED) is 0.544. The van der Waals surface area contributed by atoms with Gasteiger partial charge in [-0.15, -0.1) is 0 Å². The molecule has 2 aromatic rings. The maximum atomic E-state index is 10.7. The summed E-state index contributed by atoms with van der Waals surface area (Å²) in [7, 11) is 0. The third-order valence-electron chi connectivity index (χ3n) is 5.94. The van der Waals surface area contributed by atoms with Crippen LogP contribution < -0.4 is 0 Å². The summed E-state index contributed by atoms with van der Waals surface area (Å²) >= 11 is 3.49. The van der Waals surface area contributed by atoms with Gasteiger partial charge < -0.3 is 10.1 Å². The fraction of sp³-hybridized carbons (Fsp3) is 0.240. The maximum Gasteiger partial charge on any atom is 0.198 e. The Kier molecular flexibility index (Phi) is 4.67. The second-order valence-corrected chi connectivity index (χ2v) is 8.75. The van der Waals surface area contributed by atoms with Gasteiger partial charge >= 0.3 is 0 Å². The van der Waals surface area contributed by atoms with Gasteiger partial charge in [-0.2, -0.15) is 0 Å². The van der Waals surface area contributed by atoms with Crippen molar-refractivity contribution in [1.82, 2.24) is 4.98 Å². The predicted molar refractivity (Wildman–Crippen MR) is 122 cm³/mol. The summed E-state index contributed by atoms with van der Waals surface area (Å²) in [6.07, 6.45) is 16.7. The molecule has 146 valence electrons. The van der Waals surface area contributed by atoms with Gasteiger partial charge in [0, 0.05) is 27.2 Å². The van der Waals surface area contributed by atoms with Gasteiger partial charge in [-0.05, 0) is 49.5 Å². The van der Waals surface area contributed by atoms with Crippen LogP contribution in [0.3, 0.4) is 0 Å². The number of allylic oxidation sites excluding steroid dienone is 8. The lowest BCUT2D eigenvalue weighted by Crippen LogP contribution is -2.04. The second-order valence-electron chi connectivity index (χ2n) is 7.84. The first kappa shape index (κ1) is 18.4. The third kappa shape index (κ3) is 3.25. The third-order valence-corrected chi connectivity index (χ3v) is 6.47. The van der Waals surface area contributed by atoms with Crippen LogP contribution >= 0.6 is 15.9 Å². The Bertz CT molecular complexity index is 1110. The molecule has 2 N–H and O–H groups in total. The Morgan fingerprint density at radius 1 is 1.07 bits per heavy atom. The van der Waals surface area contributed by atoms with Gasteiger partial charge in [0.1, 0.15) is 0 Å². The van der Waals surface area contributed by atoms with Crippen LogP contribution in [0, 0.1) is 0 Å². The number of aliphatic imine (C=N–C) groups is 1. The number of halogens is 1. The molecule has 0 spiro atoms. The molecule has 1 aromatic carbocycles. The molecule has 5 rings (SSSR count). The summed E-state index contributed by atoms with van der Waals surface area (Å²) in [4.78, 5) is 8.16. The second kappa shape index (κ2) is 7.34. The molecule has 0 radical (unpaired) electrons. The minimum Gasteiger partial charge on any atom is -0.494 e. The fourth-order valence-electron chi connectivity index (χ4n) is 4.51. The monoisotopic (exact) mass is 446 g/mol. The molecule has 0 saturated carbocycles. The van der Waals surface area contributed by atoms with E-state index in [1.165, 1.54) is 11.1 Å². The highest BCUT2D eigenvalue weighted by molar-refractivity contribution is 9.10. The Morgan fingerprint density at radius 2 is 1.86 bits per heavy atom. The summed E-state index contributed by atoms with van der Waals surface area (Å²) < 4.78 is 1.03. The highest BCUT2D eigenvalue weighted by Gasteiger charge is 2.33. The summed E-state index contributed by atoms with van der Waals surface area (Å²) in [5, 5.41) is 10.7. The predicted octanol–water partition coefficient (Wildman–Crippen LogP) is 6.64. The van der Waals surface area contributed by atoms with Crippen molar-refractivity contribution in [3.8, 4) is 5.88 Å². The number of nitrogens with zero attached hydrogens (tertiary/aromatic N) is 1. The number of rotatable bonds is 3. The molecule has 2 atom stereocenters. The minimum absolute atomic E-state index is 0.0264. The zero-order chi connectivity index (χ0) is 20.0. The van der Waals surface area contributed by atoms with Crippen molar-refractivity contribution < 1.29 is 5.11 Å². The molecule has 0 saturated heterocycles. The number of hydrogen-bond acceptors (Lipinski definition) is 2. The van der Waals surface area contributed by atoms with Gasteiger partial charge in [-0.1, -0.05) is 64.5 Å². The number of hydrogen-bond donors (Lipinski definition) is 2. The highest BCUT2D eigenvalue weighted by Crippen LogP contribution is 2.44. The van der Waals surface area contributed by atoms with E-state index in [1.54, 1.807) is 0 Å². The van der Waals surface area contributed by atoms with Gasteiger partial charge in [-0.25, -0.2) is 0 Å². The Balaban J connectivity index is 1.46. The zero-order valence-corrected chi connectivity index (χ0v) is 17.9. The number of benzene rings is 1. The molecule has 1 aliphatic heterocycles. The van der Waals surface area contributed by atoms with E-state index in [0.29, 0.717) is 0 Å². The van der Waals surface area contributed by atoms with Crippen molar-refractivity contribution in [2.45, 2.75) is 38.1 Å². The summed E-state index contributed by atoms with van der Waals surface area (Å²) in [6.45, 7) is 2.10. The number of H-pyrrole nitrogens is 1. The van der Waals surface area contributed by atoms with Crippen LogP contribution in [0.5, 0.6) is 5.88 Å². The number of aromatic hydroxyl groups is 1. The van der Waals surface area contributed by atoms with Gasteiger partial charge in [-0.3, -0.25) is 4.99 Å². The number of nitrogens with one attached hydrogen (secondary N) is 1. The molecule has 2 unspecified atom stereocenters. The highest BCUT2D eigenvalue weighted by atomic mass is 79.9. The lowest BCUT2D eigenvalue weighted by atomic mass is 9.87. The molecule has 0 bridgehead atoms. The number of aromatic amines is 1. The average molecular weight is 447 g/mol. The first-order valence-electron chi connectivity index (χ1n) is 10.2. The van der Waals surface area contributed by atoms with E-state index in [0.717, 1.165) is 51.8 Å². The van der Waals surface area contributed by atoms with Crippen LogP contribution in [0.2, 0.25) is 0 Å². The average Bonchev–Trinajstić information content (AvgIpc) is 3.28. The lowest BCUT2D eigenvalue weighted by molar-refractivity contribution is 0.454. The molecular formula is C25H23BrN2O. The van der Waals surface area contributed by atoms with E-state index in [-0.39, 0.29) is 17.8 Å². The zero-order valence-electron chi connectivity index (χ0n) is 16.3. The first-order chi connectivity index (χ1) is 14.1. The van der Waals surface area contributed by atoms with Crippen LogP contribution in [0.25, 0.3) is 0 Å². The van der Waals surface area contributed by atoms with Crippen molar-refractivity contribution in [2.75, 3.05) is 0 Å². The molecule has 4 heteroatoms. The van der Waals surface area contributed by atoms with Gasteiger partial charge in [0.2, 0.25) is 0 Å². The minimum atomic E-state index is 0.0264. The lowest BCUT2D eigenvalue weighted by Gasteiger charge is -2.19. The Morgan fingerprint density at radius 3 is 2.55 bits per heavy atom. The first-order valence-corrected chi connectivity index (χ1v) is 11.0. The standard InChI is InChI=1S/C25H23BrN2O/c1-15-21-22(24(27-15)19-11-13-20(26)14-12-19)25(29)28-23(21)18-9-7-17(8-10-18)16-5-3-2-4-6-16/h3,5-9,11-15,18,28-29H,2,4,10H2,1H3. The van der Waals surface area contributed by atoms with Crippen molar-refractivity contribution in [2.24, 2.45) is 4.99 Å². The molecule has 3 nitrogen and oxygen atoms in total. The molecule has 29 heavy (non-hydrogen) atoms. The number of aromatic nitrogens is 1. The molecule has 1 aromatic heterocycles. The van der Waals surface area contributed by atoms with Gasteiger partial charge in [0.25, 0.3) is 0 Å². The van der Waals surface area contributed by atoms with Crippen LogP contribution in [0.1, 0.15) is 60.5 Å². The smallest absolute Gasteiger partial charge is 0.198 e. The van der Waals surface area contributed by atoms with E-state index < -0.39 is 0 Å². The van der Waals surface area contributed by atoms with Crippen molar-refractivity contribution >= 4 is 21.6 Å². The van der Waals surface area contributed by atoms with E-state index >= 15 is 0 Å². The topological polar surface area (TPSA) is 48.4 Å². The maximum absolute atomic E-state index is 10.7. The van der Waals surface area contributed by atoms with Crippen LogP contribution in [-0.2, 0) is 0 Å². The largest absolute Gasteiger partial charge is 0.494 e. The van der Waals surface area contributed by atoms with E-state index in [2.05, 4.69) is 64.3 Å². The molecular weight excluding hydrogens is 424 g/mol. The van der Waals surface area contributed by atoms with E-state index in [9.17, 15) is 5.11 Å².